The Bertz CT molecular complexity index is 685. The molecule has 110 valence electrons. The number of ketones is 1. The molecule has 1 aromatic carbocycles. The molecule has 2 aromatic rings. The van der Waals surface area contributed by atoms with Crippen LogP contribution in [0, 0.1) is 11.6 Å². The standard InChI is InChI=1S/C16H13BrF2OS/c17-11-5-6-12(18)10(16(11)19)8-13(20)15-7-9-3-1-2-4-14(9)21-15/h5-7H,1-4,8H2. The zero-order valence-corrected chi connectivity index (χ0v) is 13.6. The second kappa shape index (κ2) is 5.97. The molecule has 0 atom stereocenters. The predicted octanol–water partition coefficient (Wildman–Crippen LogP) is 5.09. The van der Waals surface area contributed by atoms with Gasteiger partial charge >= 0.3 is 0 Å². The Balaban J connectivity index is 1.87. The first-order valence-electron chi connectivity index (χ1n) is 6.83. The van der Waals surface area contributed by atoms with Gasteiger partial charge in [-0.1, -0.05) is 0 Å². The maximum Gasteiger partial charge on any atom is 0.177 e. The van der Waals surface area contributed by atoms with Crippen molar-refractivity contribution in [3.63, 3.8) is 0 Å². The molecule has 0 saturated carbocycles. The Kier molecular flexibility index (Phi) is 4.22. The number of carbonyl (C=O) groups is 1. The molecule has 1 heterocycles. The van der Waals surface area contributed by atoms with Gasteiger partial charge in [-0.2, -0.15) is 0 Å². The summed E-state index contributed by atoms with van der Waals surface area (Å²) < 4.78 is 27.8. The summed E-state index contributed by atoms with van der Waals surface area (Å²) in [7, 11) is 0. The van der Waals surface area contributed by atoms with Gasteiger partial charge in [-0.15, -0.1) is 11.3 Å². The van der Waals surface area contributed by atoms with Gasteiger partial charge in [0.2, 0.25) is 0 Å². The number of aryl methyl sites for hydroxylation is 2. The van der Waals surface area contributed by atoms with E-state index in [0.29, 0.717) is 4.88 Å². The highest BCUT2D eigenvalue weighted by Crippen LogP contribution is 2.31. The van der Waals surface area contributed by atoms with E-state index in [-0.39, 0.29) is 22.2 Å². The van der Waals surface area contributed by atoms with Crippen LogP contribution in [0.25, 0.3) is 0 Å². The van der Waals surface area contributed by atoms with E-state index in [4.69, 9.17) is 0 Å². The van der Waals surface area contributed by atoms with Gasteiger partial charge < -0.3 is 0 Å². The Hall–Kier alpha value is -1.07. The maximum absolute atomic E-state index is 13.9. The molecule has 0 N–H and O–H groups in total. The number of hydrogen-bond acceptors (Lipinski definition) is 2. The van der Waals surface area contributed by atoms with E-state index in [1.807, 2.05) is 6.07 Å². The average molecular weight is 371 g/mol. The molecule has 0 unspecified atom stereocenters. The smallest absolute Gasteiger partial charge is 0.177 e. The summed E-state index contributed by atoms with van der Waals surface area (Å²) in [5.74, 6) is -1.58. The lowest BCUT2D eigenvalue weighted by Gasteiger charge is -2.08. The largest absolute Gasteiger partial charge is 0.293 e. The molecule has 21 heavy (non-hydrogen) atoms. The molecule has 5 heteroatoms. The van der Waals surface area contributed by atoms with Gasteiger partial charge in [-0.3, -0.25) is 4.79 Å². The second-order valence-electron chi connectivity index (χ2n) is 5.19. The lowest BCUT2D eigenvalue weighted by molar-refractivity contribution is 0.0994. The summed E-state index contributed by atoms with van der Waals surface area (Å²) in [6, 6.07) is 4.38. The molecule has 0 fully saturated rings. The monoisotopic (exact) mass is 370 g/mol. The Morgan fingerprint density at radius 3 is 2.76 bits per heavy atom. The van der Waals surface area contributed by atoms with Crippen molar-refractivity contribution in [2.45, 2.75) is 32.1 Å². The minimum atomic E-state index is -0.690. The van der Waals surface area contributed by atoms with E-state index >= 15 is 0 Å². The molecule has 0 aliphatic heterocycles. The minimum absolute atomic E-state index is 0.166. The fourth-order valence-corrected chi connectivity index (χ4v) is 4.17. The van der Waals surface area contributed by atoms with Crippen LogP contribution >= 0.6 is 27.3 Å². The molecule has 0 spiro atoms. The fourth-order valence-electron chi connectivity index (χ4n) is 2.61. The number of rotatable bonds is 3. The van der Waals surface area contributed by atoms with Crippen LogP contribution in [0.3, 0.4) is 0 Å². The van der Waals surface area contributed by atoms with Crippen LogP contribution in [0.2, 0.25) is 0 Å². The van der Waals surface area contributed by atoms with Gasteiger partial charge in [0.15, 0.2) is 5.78 Å². The number of fused-ring (bicyclic) bond motifs is 1. The van der Waals surface area contributed by atoms with Crippen molar-refractivity contribution in [2.75, 3.05) is 0 Å². The molecule has 1 aromatic heterocycles. The number of carbonyl (C=O) groups excluding carboxylic acids is 1. The van der Waals surface area contributed by atoms with E-state index in [1.54, 1.807) is 0 Å². The van der Waals surface area contributed by atoms with Crippen molar-refractivity contribution >= 4 is 33.0 Å². The zero-order chi connectivity index (χ0) is 15.0. The Labute approximate surface area is 134 Å². The number of Topliss-reactive ketones (excluding diaryl/α,β-unsaturated/α-hetero) is 1. The number of hydrogen-bond donors (Lipinski definition) is 0. The quantitative estimate of drug-likeness (QED) is 0.542. The second-order valence-corrected chi connectivity index (χ2v) is 7.18. The SMILES string of the molecule is O=C(Cc1c(F)ccc(Br)c1F)c1cc2c(s1)CCCC2. The third-order valence-electron chi connectivity index (χ3n) is 3.75. The van der Waals surface area contributed by atoms with Crippen LogP contribution < -0.4 is 0 Å². The van der Waals surface area contributed by atoms with Crippen LogP contribution in [0.4, 0.5) is 8.78 Å². The van der Waals surface area contributed by atoms with Crippen molar-refractivity contribution in [2.24, 2.45) is 0 Å². The highest BCUT2D eigenvalue weighted by Gasteiger charge is 2.21. The van der Waals surface area contributed by atoms with Crippen LogP contribution in [0.5, 0.6) is 0 Å². The molecular formula is C16H13BrF2OS. The molecule has 0 saturated heterocycles. The van der Waals surface area contributed by atoms with Crippen LogP contribution in [0.1, 0.15) is 38.5 Å². The van der Waals surface area contributed by atoms with Crippen LogP contribution in [0.15, 0.2) is 22.7 Å². The van der Waals surface area contributed by atoms with Gasteiger partial charge in [0.25, 0.3) is 0 Å². The summed E-state index contributed by atoms with van der Waals surface area (Å²) in [5, 5.41) is 0. The van der Waals surface area contributed by atoms with Crippen LogP contribution in [-0.2, 0) is 19.3 Å². The average Bonchev–Trinajstić information content (AvgIpc) is 2.91. The summed E-state index contributed by atoms with van der Waals surface area (Å²) in [6.07, 6.45) is 4.06. The highest BCUT2D eigenvalue weighted by atomic mass is 79.9. The van der Waals surface area contributed by atoms with Gasteiger partial charge in [-0.25, -0.2) is 8.78 Å². The third kappa shape index (κ3) is 2.94. The predicted molar refractivity (Wildman–Crippen MR) is 83.1 cm³/mol. The topological polar surface area (TPSA) is 17.1 Å². The first-order valence-corrected chi connectivity index (χ1v) is 8.44. The lowest BCUT2D eigenvalue weighted by atomic mass is 9.98. The number of halogens is 3. The Morgan fingerprint density at radius 1 is 1.24 bits per heavy atom. The van der Waals surface area contributed by atoms with E-state index in [2.05, 4.69) is 15.9 Å². The molecule has 1 aliphatic rings. The van der Waals surface area contributed by atoms with E-state index in [1.165, 1.54) is 33.9 Å². The Morgan fingerprint density at radius 2 is 2.00 bits per heavy atom. The number of thiophene rings is 1. The van der Waals surface area contributed by atoms with Gasteiger partial charge in [0.05, 0.1) is 9.35 Å². The van der Waals surface area contributed by atoms with E-state index in [9.17, 15) is 13.6 Å². The first kappa shape index (κ1) is 14.9. The van der Waals surface area contributed by atoms with Crippen molar-refractivity contribution in [1.29, 1.82) is 0 Å². The number of benzene rings is 1. The van der Waals surface area contributed by atoms with E-state index in [0.717, 1.165) is 25.7 Å². The first-order chi connectivity index (χ1) is 10.1. The molecule has 3 rings (SSSR count). The molecular weight excluding hydrogens is 358 g/mol. The summed E-state index contributed by atoms with van der Waals surface area (Å²) in [5.41, 5.74) is 1.06. The normalized spacial score (nSPS) is 14.0. The summed E-state index contributed by atoms with van der Waals surface area (Å²) >= 11 is 4.49. The third-order valence-corrected chi connectivity index (χ3v) is 5.64. The maximum atomic E-state index is 13.9. The van der Waals surface area contributed by atoms with Gasteiger partial charge in [0, 0.05) is 16.9 Å². The molecule has 0 amide bonds. The molecule has 0 bridgehead atoms. The summed E-state index contributed by atoms with van der Waals surface area (Å²) in [6.45, 7) is 0. The summed E-state index contributed by atoms with van der Waals surface area (Å²) in [4.78, 5) is 14.2. The molecule has 1 aliphatic carbocycles. The van der Waals surface area contributed by atoms with Crippen molar-refractivity contribution in [3.8, 4) is 0 Å². The molecule has 1 nitrogen and oxygen atoms in total. The molecule has 0 radical (unpaired) electrons. The fraction of sp³-hybridized carbons (Fsp3) is 0.312. The van der Waals surface area contributed by atoms with E-state index < -0.39 is 11.6 Å². The lowest BCUT2D eigenvalue weighted by Crippen LogP contribution is -2.06. The van der Waals surface area contributed by atoms with Gasteiger partial charge in [-0.05, 0) is 65.4 Å². The zero-order valence-electron chi connectivity index (χ0n) is 11.2. The van der Waals surface area contributed by atoms with Crippen molar-refractivity contribution in [3.05, 3.63) is 55.2 Å². The van der Waals surface area contributed by atoms with Crippen molar-refractivity contribution < 1.29 is 13.6 Å². The van der Waals surface area contributed by atoms with Gasteiger partial charge in [0.1, 0.15) is 11.6 Å². The highest BCUT2D eigenvalue weighted by molar-refractivity contribution is 9.10. The minimum Gasteiger partial charge on any atom is -0.293 e. The van der Waals surface area contributed by atoms with Crippen LogP contribution in [-0.4, -0.2) is 5.78 Å². The van der Waals surface area contributed by atoms with Crippen molar-refractivity contribution in [1.82, 2.24) is 0 Å².